The maximum atomic E-state index is 6.94. The highest BCUT2D eigenvalue weighted by molar-refractivity contribution is 6.55. The van der Waals surface area contributed by atoms with Gasteiger partial charge in [-0.1, -0.05) is 114 Å². The first-order valence-corrected chi connectivity index (χ1v) is 15.4. The second kappa shape index (κ2) is 12.6. The first kappa shape index (κ1) is 29.4. The van der Waals surface area contributed by atoms with Crippen LogP contribution in [0.25, 0.3) is 11.4 Å². The van der Waals surface area contributed by atoms with Gasteiger partial charge >= 0.3 is 0 Å². The summed E-state index contributed by atoms with van der Waals surface area (Å²) in [4.78, 5) is 12.4. The quantitative estimate of drug-likeness (QED) is 0.192. The van der Waals surface area contributed by atoms with Gasteiger partial charge in [0.25, 0.3) is 0 Å². The fourth-order valence-electron chi connectivity index (χ4n) is 5.64. The SMILES string of the molecule is COc1ccc(C2=C(c3ccccc3Cl)N(c3ccccc3Cl)C(=C3N=C(c4ccccc4)C(c4ccccc4)=N3)N2)cc1OC. The third-order valence-electron chi connectivity index (χ3n) is 7.79. The first-order chi connectivity index (χ1) is 22.6. The van der Waals surface area contributed by atoms with Crippen molar-refractivity contribution < 1.29 is 9.47 Å². The molecule has 0 fully saturated rings. The Morgan fingerprint density at radius 3 is 1.74 bits per heavy atom. The van der Waals surface area contributed by atoms with Gasteiger partial charge in [0.15, 0.2) is 23.1 Å². The zero-order valence-electron chi connectivity index (χ0n) is 25.0. The Morgan fingerprint density at radius 2 is 1.15 bits per heavy atom. The summed E-state index contributed by atoms with van der Waals surface area (Å²) in [5, 5.41) is 4.82. The van der Waals surface area contributed by atoms with Gasteiger partial charge < -0.3 is 14.8 Å². The van der Waals surface area contributed by atoms with Gasteiger partial charge in [-0.2, -0.15) is 0 Å². The minimum absolute atomic E-state index is 0.498. The van der Waals surface area contributed by atoms with Crippen LogP contribution in [0.4, 0.5) is 5.69 Å². The van der Waals surface area contributed by atoms with E-state index in [2.05, 4.69) is 10.2 Å². The normalized spacial score (nSPS) is 14.3. The van der Waals surface area contributed by atoms with Crippen molar-refractivity contribution in [1.82, 2.24) is 5.32 Å². The molecule has 1 N–H and O–H groups in total. The number of rotatable bonds is 7. The molecule has 2 heterocycles. The van der Waals surface area contributed by atoms with Crippen LogP contribution in [0.15, 0.2) is 149 Å². The Morgan fingerprint density at radius 1 is 0.587 bits per heavy atom. The van der Waals surface area contributed by atoms with Crippen molar-refractivity contribution in [3.05, 3.63) is 171 Å². The molecule has 0 bridgehead atoms. The van der Waals surface area contributed by atoms with Gasteiger partial charge in [0.2, 0.25) is 0 Å². The molecule has 0 aromatic heterocycles. The number of para-hydroxylation sites is 1. The molecule has 0 saturated heterocycles. The van der Waals surface area contributed by atoms with E-state index < -0.39 is 0 Å². The highest BCUT2D eigenvalue weighted by Crippen LogP contribution is 2.46. The van der Waals surface area contributed by atoms with Crippen molar-refractivity contribution in [3.63, 3.8) is 0 Å². The summed E-state index contributed by atoms with van der Waals surface area (Å²) >= 11 is 13.9. The van der Waals surface area contributed by atoms with E-state index in [1.54, 1.807) is 14.2 Å². The number of hydrogen-bond donors (Lipinski definition) is 1. The monoisotopic (exact) mass is 642 g/mol. The molecule has 46 heavy (non-hydrogen) atoms. The van der Waals surface area contributed by atoms with Gasteiger partial charge in [0, 0.05) is 27.3 Å². The van der Waals surface area contributed by atoms with Crippen molar-refractivity contribution >= 4 is 51.7 Å². The first-order valence-electron chi connectivity index (χ1n) is 14.6. The molecule has 0 atom stereocenters. The van der Waals surface area contributed by atoms with E-state index >= 15 is 0 Å². The van der Waals surface area contributed by atoms with Gasteiger partial charge in [0.1, 0.15) is 0 Å². The zero-order valence-corrected chi connectivity index (χ0v) is 26.6. The maximum Gasteiger partial charge on any atom is 0.195 e. The molecule has 2 aliphatic heterocycles. The minimum Gasteiger partial charge on any atom is -0.493 e. The number of methoxy groups -OCH3 is 2. The predicted molar refractivity (Wildman–Crippen MR) is 188 cm³/mol. The highest BCUT2D eigenvalue weighted by atomic mass is 35.5. The number of nitrogens with one attached hydrogen (secondary N) is 1. The van der Waals surface area contributed by atoms with Crippen molar-refractivity contribution in [1.29, 1.82) is 0 Å². The van der Waals surface area contributed by atoms with Gasteiger partial charge in [-0.25, -0.2) is 9.98 Å². The number of nitrogens with zero attached hydrogens (tertiary/aromatic N) is 3. The molecule has 0 unspecified atom stereocenters. The molecular formula is C38H28Cl2N4O2. The molecule has 5 aromatic carbocycles. The Balaban J connectivity index is 1.53. The summed E-state index contributed by atoms with van der Waals surface area (Å²) in [6.45, 7) is 0. The summed E-state index contributed by atoms with van der Waals surface area (Å²) in [6, 6.07) is 41.4. The minimum atomic E-state index is 0.498. The van der Waals surface area contributed by atoms with E-state index in [4.69, 9.17) is 42.7 Å². The van der Waals surface area contributed by atoms with Crippen LogP contribution in [0.1, 0.15) is 22.3 Å². The van der Waals surface area contributed by atoms with Crippen LogP contribution in [0, 0.1) is 0 Å². The van der Waals surface area contributed by atoms with Crippen LogP contribution in [0.2, 0.25) is 10.0 Å². The largest absolute Gasteiger partial charge is 0.493 e. The predicted octanol–water partition coefficient (Wildman–Crippen LogP) is 9.07. The van der Waals surface area contributed by atoms with Crippen LogP contribution in [-0.2, 0) is 0 Å². The standard InChI is InChI=1S/C38H28Cl2N4O2/c1-45-31-22-21-26(23-32(31)46-2)35-36(27-17-9-10-18-28(27)39)44(30-20-12-11-19-29(30)40)38(43-35)37-41-33(24-13-5-3-6-14-24)34(42-37)25-15-7-4-8-16-25/h3-23,43H,1-2H3. The third-order valence-corrected chi connectivity index (χ3v) is 8.44. The van der Waals surface area contributed by atoms with Gasteiger partial charge in [-0.15, -0.1) is 0 Å². The van der Waals surface area contributed by atoms with Crippen molar-refractivity contribution in [3.8, 4) is 11.5 Å². The molecule has 0 spiro atoms. The second-order valence-corrected chi connectivity index (χ2v) is 11.3. The topological polar surface area (TPSA) is 58.5 Å². The number of ether oxygens (including phenoxy) is 2. The molecule has 8 heteroatoms. The van der Waals surface area contributed by atoms with Crippen LogP contribution in [0.5, 0.6) is 11.5 Å². The molecule has 0 radical (unpaired) electrons. The van der Waals surface area contributed by atoms with Gasteiger partial charge in [-0.3, -0.25) is 4.90 Å². The molecule has 2 aliphatic rings. The Kier molecular flexibility index (Phi) is 8.06. The van der Waals surface area contributed by atoms with Crippen LogP contribution in [0.3, 0.4) is 0 Å². The van der Waals surface area contributed by atoms with Crippen LogP contribution >= 0.6 is 23.2 Å². The molecule has 0 saturated carbocycles. The summed E-state index contributed by atoms with van der Waals surface area (Å²) in [5.74, 6) is 2.34. The molecule has 7 rings (SSSR count). The Labute approximate surface area is 277 Å². The molecule has 5 aromatic rings. The van der Waals surface area contributed by atoms with Gasteiger partial charge in [-0.05, 0) is 36.4 Å². The molecule has 6 nitrogen and oxygen atoms in total. The number of anilines is 1. The molecule has 226 valence electrons. The highest BCUT2D eigenvalue weighted by Gasteiger charge is 2.36. The number of halogens is 2. The zero-order chi connectivity index (χ0) is 31.6. The maximum absolute atomic E-state index is 6.94. The summed E-state index contributed by atoms with van der Waals surface area (Å²) in [7, 11) is 3.24. The summed E-state index contributed by atoms with van der Waals surface area (Å²) in [5.41, 5.74) is 7.41. The number of aliphatic imine (C=N–C) groups is 2. The number of hydrogen-bond acceptors (Lipinski definition) is 6. The summed E-state index contributed by atoms with van der Waals surface area (Å²) in [6.07, 6.45) is 0. The van der Waals surface area contributed by atoms with Crippen molar-refractivity contribution in [2.24, 2.45) is 9.98 Å². The van der Waals surface area contributed by atoms with E-state index in [0.717, 1.165) is 50.8 Å². The fourth-order valence-corrected chi connectivity index (χ4v) is 6.08. The average molecular weight is 644 g/mol. The lowest BCUT2D eigenvalue weighted by Crippen LogP contribution is -2.22. The van der Waals surface area contributed by atoms with E-state index in [0.29, 0.717) is 33.2 Å². The van der Waals surface area contributed by atoms with E-state index in [9.17, 15) is 0 Å². The lowest BCUT2D eigenvalue weighted by molar-refractivity contribution is 0.355. The van der Waals surface area contributed by atoms with E-state index in [1.807, 2.05) is 127 Å². The van der Waals surface area contributed by atoms with Crippen LogP contribution < -0.4 is 19.7 Å². The molecule has 0 amide bonds. The number of benzene rings is 5. The van der Waals surface area contributed by atoms with E-state index in [1.165, 1.54) is 0 Å². The summed E-state index contributed by atoms with van der Waals surface area (Å²) < 4.78 is 11.2. The lowest BCUT2D eigenvalue weighted by atomic mass is 10.0. The van der Waals surface area contributed by atoms with Crippen molar-refractivity contribution in [2.75, 3.05) is 19.1 Å². The second-order valence-electron chi connectivity index (χ2n) is 10.5. The van der Waals surface area contributed by atoms with E-state index in [-0.39, 0.29) is 0 Å². The van der Waals surface area contributed by atoms with Crippen LogP contribution in [-0.4, -0.2) is 25.6 Å². The fraction of sp³-hybridized carbons (Fsp3) is 0.0526. The third kappa shape index (κ3) is 5.32. The van der Waals surface area contributed by atoms with Gasteiger partial charge in [0.05, 0.1) is 47.7 Å². The molecule has 0 aliphatic carbocycles. The Hall–Kier alpha value is -5.30. The molecular weight excluding hydrogens is 615 g/mol. The van der Waals surface area contributed by atoms with Crippen molar-refractivity contribution in [2.45, 2.75) is 0 Å². The average Bonchev–Trinajstić information content (AvgIpc) is 3.72. The Bertz CT molecular complexity index is 2010. The smallest absolute Gasteiger partial charge is 0.195 e. The lowest BCUT2D eigenvalue weighted by Gasteiger charge is -2.25.